The maximum absolute atomic E-state index is 12.0. The van der Waals surface area contributed by atoms with Gasteiger partial charge in [-0.25, -0.2) is 4.79 Å². The van der Waals surface area contributed by atoms with Crippen LogP contribution in [0, 0.1) is 0 Å². The molecular formula is C17H24ClN3O4. The van der Waals surface area contributed by atoms with E-state index in [1.807, 2.05) is 0 Å². The van der Waals surface area contributed by atoms with Crippen molar-refractivity contribution in [3.8, 4) is 5.75 Å². The molecule has 1 aliphatic heterocycles. The highest BCUT2D eigenvalue weighted by molar-refractivity contribution is 6.32. The third-order valence-electron chi connectivity index (χ3n) is 4.01. The van der Waals surface area contributed by atoms with Crippen LogP contribution in [0.4, 0.5) is 10.5 Å². The second kappa shape index (κ2) is 9.48. The van der Waals surface area contributed by atoms with Crippen molar-refractivity contribution in [1.29, 1.82) is 0 Å². The zero-order chi connectivity index (χ0) is 18.2. The number of carbonyl (C=O) groups excluding carboxylic acids is 2. The van der Waals surface area contributed by atoms with Gasteiger partial charge < -0.3 is 25.0 Å². The highest BCUT2D eigenvalue weighted by Gasteiger charge is 2.23. The van der Waals surface area contributed by atoms with Gasteiger partial charge in [0.1, 0.15) is 5.75 Å². The Hall–Kier alpha value is -1.99. The Bertz CT molecular complexity index is 604. The lowest BCUT2D eigenvalue weighted by atomic mass is 10.1. The van der Waals surface area contributed by atoms with E-state index >= 15 is 0 Å². The van der Waals surface area contributed by atoms with Gasteiger partial charge in [-0.1, -0.05) is 11.6 Å². The van der Waals surface area contributed by atoms with Crippen LogP contribution in [0.1, 0.15) is 19.8 Å². The Balaban J connectivity index is 1.72. The molecule has 2 amide bonds. The van der Waals surface area contributed by atoms with E-state index in [2.05, 4.69) is 10.6 Å². The molecule has 1 fully saturated rings. The number of halogens is 1. The molecule has 0 aliphatic carbocycles. The van der Waals surface area contributed by atoms with Gasteiger partial charge >= 0.3 is 6.09 Å². The van der Waals surface area contributed by atoms with Crippen molar-refractivity contribution in [1.82, 2.24) is 10.2 Å². The first-order valence-corrected chi connectivity index (χ1v) is 8.69. The predicted molar refractivity (Wildman–Crippen MR) is 96.3 cm³/mol. The summed E-state index contributed by atoms with van der Waals surface area (Å²) < 4.78 is 10.1. The van der Waals surface area contributed by atoms with Gasteiger partial charge in [0.15, 0.2) is 0 Å². The van der Waals surface area contributed by atoms with Gasteiger partial charge in [0.05, 0.1) is 25.3 Å². The number of rotatable bonds is 6. The number of benzene rings is 1. The van der Waals surface area contributed by atoms with Crippen LogP contribution in [0.2, 0.25) is 5.02 Å². The molecule has 1 aliphatic rings. The third kappa shape index (κ3) is 5.79. The number of ether oxygens (including phenoxy) is 2. The summed E-state index contributed by atoms with van der Waals surface area (Å²) in [7, 11) is 1.54. The Labute approximate surface area is 152 Å². The van der Waals surface area contributed by atoms with Crippen molar-refractivity contribution in [2.45, 2.75) is 25.8 Å². The number of methoxy groups -OCH3 is 1. The fraction of sp³-hybridized carbons (Fsp3) is 0.529. The first-order valence-electron chi connectivity index (χ1n) is 8.32. The molecule has 0 aromatic heterocycles. The number of nitrogens with one attached hydrogen (secondary N) is 2. The molecule has 0 atom stereocenters. The average Bonchev–Trinajstić information content (AvgIpc) is 2.61. The topological polar surface area (TPSA) is 79.9 Å². The zero-order valence-corrected chi connectivity index (χ0v) is 15.3. The molecule has 0 spiro atoms. The molecule has 8 heteroatoms. The van der Waals surface area contributed by atoms with Gasteiger partial charge in [0, 0.05) is 24.8 Å². The summed E-state index contributed by atoms with van der Waals surface area (Å²) in [4.78, 5) is 25.4. The van der Waals surface area contributed by atoms with E-state index in [0.717, 1.165) is 12.8 Å². The van der Waals surface area contributed by atoms with E-state index in [4.69, 9.17) is 21.1 Å². The molecule has 0 bridgehead atoms. The second-order valence-electron chi connectivity index (χ2n) is 5.74. The molecule has 2 rings (SSSR count). The smallest absolute Gasteiger partial charge is 0.409 e. The molecule has 0 saturated carbocycles. The molecular weight excluding hydrogens is 346 g/mol. The number of nitrogens with zero attached hydrogens (tertiary/aromatic N) is 1. The number of hydrogen-bond donors (Lipinski definition) is 2. The maximum Gasteiger partial charge on any atom is 0.409 e. The molecule has 1 saturated heterocycles. The Morgan fingerprint density at radius 2 is 2.04 bits per heavy atom. The highest BCUT2D eigenvalue weighted by atomic mass is 35.5. The molecule has 0 unspecified atom stereocenters. The van der Waals surface area contributed by atoms with Crippen LogP contribution in [0.25, 0.3) is 0 Å². The predicted octanol–water partition coefficient (Wildman–Crippen LogP) is 2.50. The van der Waals surface area contributed by atoms with Crippen LogP contribution in [-0.2, 0) is 9.53 Å². The molecule has 2 N–H and O–H groups in total. The van der Waals surface area contributed by atoms with Gasteiger partial charge in [-0.15, -0.1) is 0 Å². The van der Waals surface area contributed by atoms with Crippen LogP contribution in [0.5, 0.6) is 5.75 Å². The summed E-state index contributed by atoms with van der Waals surface area (Å²) in [6.07, 6.45) is 1.32. The van der Waals surface area contributed by atoms with E-state index in [9.17, 15) is 9.59 Å². The van der Waals surface area contributed by atoms with Crippen molar-refractivity contribution in [3.05, 3.63) is 23.2 Å². The third-order valence-corrected chi connectivity index (χ3v) is 4.30. The summed E-state index contributed by atoms with van der Waals surface area (Å²) in [5, 5.41) is 6.46. The van der Waals surface area contributed by atoms with Crippen LogP contribution < -0.4 is 15.4 Å². The van der Waals surface area contributed by atoms with Crippen LogP contribution >= 0.6 is 11.6 Å². The molecule has 138 valence electrons. The quantitative estimate of drug-likeness (QED) is 0.805. The van der Waals surface area contributed by atoms with Gasteiger partial charge in [0.25, 0.3) is 0 Å². The van der Waals surface area contributed by atoms with E-state index in [-0.39, 0.29) is 24.6 Å². The van der Waals surface area contributed by atoms with Crippen LogP contribution in [0.15, 0.2) is 18.2 Å². The second-order valence-corrected chi connectivity index (χ2v) is 6.15. The highest BCUT2D eigenvalue weighted by Crippen LogP contribution is 2.27. The van der Waals surface area contributed by atoms with Crippen molar-refractivity contribution >= 4 is 29.3 Å². The minimum atomic E-state index is -0.268. The monoisotopic (exact) mass is 369 g/mol. The molecule has 1 aromatic rings. The molecule has 1 aromatic carbocycles. The number of amides is 2. The van der Waals surface area contributed by atoms with Gasteiger partial charge in [-0.05, 0) is 38.0 Å². The Morgan fingerprint density at radius 1 is 1.32 bits per heavy atom. The van der Waals surface area contributed by atoms with E-state index in [1.54, 1.807) is 30.0 Å². The summed E-state index contributed by atoms with van der Waals surface area (Å²) in [6, 6.07) is 5.29. The summed E-state index contributed by atoms with van der Waals surface area (Å²) in [6.45, 7) is 3.64. The van der Waals surface area contributed by atoms with Crippen molar-refractivity contribution < 1.29 is 19.1 Å². The largest absolute Gasteiger partial charge is 0.495 e. The van der Waals surface area contributed by atoms with Crippen LogP contribution in [-0.4, -0.2) is 56.3 Å². The Morgan fingerprint density at radius 3 is 2.64 bits per heavy atom. The minimum absolute atomic E-state index is 0.144. The SMILES string of the molecule is CCOC(=O)N1CCC(NCC(=O)Nc2ccc(OC)c(Cl)c2)CC1. The van der Waals surface area contributed by atoms with E-state index < -0.39 is 0 Å². The molecule has 25 heavy (non-hydrogen) atoms. The fourth-order valence-corrected chi connectivity index (χ4v) is 2.92. The Kier molecular flexibility index (Phi) is 7.33. The number of carbonyl (C=O) groups is 2. The van der Waals surface area contributed by atoms with Gasteiger partial charge in [-0.2, -0.15) is 0 Å². The average molecular weight is 370 g/mol. The van der Waals surface area contributed by atoms with Crippen molar-refractivity contribution in [2.75, 3.05) is 38.7 Å². The van der Waals surface area contributed by atoms with E-state index in [0.29, 0.717) is 36.2 Å². The first-order chi connectivity index (χ1) is 12.0. The van der Waals surface area contributed by atoms with Crippen molar-refractivity contribution in [3.63, 3.8) is 0 Å². The lowest BCUT2D eigenvalue weighted by Gasteiger charge is -2.31. The van der Waals surface area contributed by atoms with Gasteiger partial charge in [0.2, 0.25) is 5.91 Å². The van der Waals surface area contributed by atoms with Crippen molar-refractivity contribution in [2.24, 2.45) is 0 Å². The first kappa shape index (κ1) is 19.3. The number of anilines is 1. The fourth-order valence-electron chi connectivity index (χ4n) is 2.67. The number of piperidine rings is 1. The number of likely N-dealkylation sites (tertiary alicyclic amines) is 1. The normalized spacial score (nSPS) is 14.9. The zero-order valence-electron chi connectivity index (χ0n) is 14.5. The lowest BCUT2D eigenvalue weighted by Crippen LogP contribution is -2.46. The summed E-state index contributed by atoms with van der Waals surface area (Å²) >= 11 is 6.04. The number of hydrogen-bond acceptors (Lipinski definition) is 5. The molecule has 7 nitrogen and oxygen atoms in total. The maximum atomic E-state index is 12.0. The van der Waals surface area contributed by atoms with E-state index in [1.165, 1.54) is 7.11 Å². The minimum Gasteiger partial charge on any atom is -0.495 e. The lowest BCUT2D eigenvalue weighted by molar-refractivity contribution is -0.115. The summed E-state index contributed by atoms with van der Waals surface area (Å²) in [5.74, 6) is 0.417. The van der Waals surface area contributed by atoms with Gasteiger partial charge in [-0.3, -0.25) is 4.79 Å². The molecule has 0 radical (unpaired) electrons. The molecule has 1 heterocycles. The van der Waals surface area contributed by atoms with Crippen LogP contribution in [0.3, 0.4) is 0 Å². The standard InChI is InChI=1S/C17H24ClN3O4/c1-3-25-17(23)21-8-6-12(7-9-21)19-11-16(22)20-13-4-5-15(24-2)14(18)10-13/h4-5,10,12,19H,3,6-9,11H2,1-2H3,(H,20,22). The summed E-state index contributed by atoms with van der Waals surface area (Å²) in [5.41, 5.74) is 0.620.